The van der Waals surface area contributed by atoms with Crippen LogP contribution in [-0.2, 0) is 16.0 Å². The van der Waals surface area contributed by atoms with Crippen molar-refractivity contribution >= 4 is 11.9 Å². The predicted molar refractivity (Wildman–Crippen MR) is 71.1 cm³/mol. The molecule has 0 heterocycles. The van der Waals surface area contributed by atoms with Crippen LogP contribution in [-0.4, -0.2) is 30.1 Å². The first-order valence-electron chi connectivity index (χ1n) is 6.09. The number of methoxy groups -OCH3 is 1. The number of carbonyl (C=O) groups excluding carboxylic acids is 1. The molecule has 0 aliphatic heterocycles. The maximum absolute atomic E-state index is 11.9. The van der Waals surface area contributed by atoms with Crippen LogP contribution in [0.1, 0.15) is 19.4 Å². The Labute approximate surface area is 112 Å². The van der Waals surface area contributed by atoms with Crippen LogP contribution < -0.4 is 10.1 Å². The highest BCUT2D eigenvalue weighted by Gasteiger charge is 2.21. The minimum absolute atomic E-state index is 0.167. The highest BCUT2D eigenvalue weighted by Crippen LogP contribution is 2.17. The zero-order chi connectivity index (χ0) is 14.4. The second kappa shape index (κ2) is 6.78. The second-order valence-electron chi connectivity index (χ2n) is 4.47. The molecule has 2 atom stereocenters. The summed E-state index contributed by atoms with van der Waals surface area (Å²) in [6, 6.07) is 6.83. The van der Waals surface area contributed by atoms with Crippen LogP contribution >= 0.6 is 0 Å². The summed E-state index contributed by atoms with van der Waals surface area (Å²) in [5.74, 6) is -1.12. The van der Waals surface area contributed by atoms with Gasteiger partial charge in [0.25, 0.3) is 0 Å². The molecule has 1 amide bonds. The van der Waals surface area contributed by atoms with Gasteiger partial charge in [-0.1, -0.05) is 18.2 Å². The van der Waals surface area contributed by atoms with Crippen LogP contribution in [0.2, 0.25) is 0 Å². The second-order valence-corrected chi connectivity index (χ2v) is 4.47. The van der Waals surface area contributed by atoms with Gasteiger partial charge in [0.15, 0.2) is 0 Å². The van der Waals surface area contributed by atoms with Crippen molar-refractivity contribution in [1.82, 2.24) is 5.32 Å². The Morgan fingerprint density at radius 3 is 2.53 bits per heavy atom. The maximum atomic E-state index is 11.9. The van der Waals surface area contributed by atoms with Crippen LogP contribution in [0, 0.1) is 5.92 Å². The standard InChI is InChI=1S/C14H19NO4/c1-9(14(17)18)10(2)15-13(16)8-11-6-4-5-7-12(11)19-3/h4-7,9-10H,8H2,1-3H3,(H,15,16)(H,17,18). The van der Waals surface area contributed by atoms with E-state index in [0.29, 0.717) is 5.75 Å². The lowest BCUT2D eigenvalue weighted by Crippen LogP contribution is -2.40. The molecule has 1 aromatic carbocycles. The van der Waals surface area contributed by atoms with E-state index >= 15 is 0 Å². The van der Waals surface area contributed by atoms with Crippen molar-refractivity contribution in [2.75, 3.05) is 7.11 Å². The Morgan fingerprint density at radius 2 is 1.95 bits per heavy atom. The van der Waals surface area contributed by atoms with Crippen molar-refractivity contribution in [2.24, 2.45) is 5.92 Å². The minimum Gasteiger partial charge on any atom is -0.496 e. The van der Waals surface area contributed by atoms with Gasteiger partial charge in [0.2, 0.25) is 5.91 Å². The summed E-state index contributed by atoms with van der Waals surface area (Å²) in [6.45, 7) is 3.25. The average Bonchev–Trinajstić information content (AvgIpc) is 2.38. The largest absolute Gasteiger partial charge is 0.496 e. The van der Waals surface area contributed by atoms with Gasteiger partial charge in [0.05, 0.1) is 19.4 Å². The van der Waals surface area contributed by atoms with Gasteiger partial charge in [-0.15, -0.1) is 0 Å². The van der Waals surface area contributed by atoms with Gasteiger partial charge in [-0.25, -0.2) is 0 Å². The van der Waals surface area contributed by atoms with E-state index in [4.69, 9.17) is 9.84 Å². The fraction of sp³-hybridized carbons (Fsp3) is 0.429. The number of para-hydroxylation sites is 1. The smallest absolute Gasteiger partial charge is 0.308 e. The number of ether oxygens (including phenoxy) is 1. The molecule has 19 heavy (non-hydrogen) atoms. The number of carboxylic acids is 1. The molecule has 0 saturated heterocycles. The molecule has 104 valence electrons. The van der Waals surface area contributed by atoms with E-state index in [9.17, 15) is 9.59 Å². The van der Waals surface area contributed by atoms with E-state index in [2.05, 4.69) is 5.32 Å². The van der Waals surface area contributed by atoms with E-state index < -0.39 is 17.9 Å². The summed E-state index contributed by atoms with van der Waals surface area (Å²) >= 11 is 0. The Hall–Kier alpha value is -2.04. The number of carboxylic acid groups (broad SMARTS) is 1. The van der Waals surface area contributed by atoms with Crippen molar-refractivity contribution < 1.29 is 19.4 Å². The fourth-order valence-electron chi connectivity index (χ4n) is 1.67. The SMILES string of the molecule is COc1ccccc1CC(=O)NC(C)C(C)C(=O)O. The molecular formula is C14H19NO4. The molecule has 5 heteroatoms. The van der Waals surface area contributed by atoms with Gasteiger partial charge in [0, 0.05) is 11.6 Å². The van der Waals surface area contributed by atoms with Gasteiger partial charge in [-0.05, 0) is 19.9 Å². The number of rotatable bonds is 6. The van der Waals surface area contributed by atoms with Gasteiger partial charge < -0.3 is 15.2 Å². The fourth-order valence-corrected chi connectivity index (χ4v) is 1.67. The Morgan fingerprint density at radius 1 is 1.32 bits per heavy atom. The van der Waals surface area contributed by atoms with E-state index in [0.717, 1.165) is 5.56 Å². The highest BCUT2D eigenvalue weighted by atomic mass is 16.5. The third kappa shape index (κ3) is 4.28. The van der Waals surface area contributed by atoms with E-state index in [-0.39, 0.29) is 12.3 Å². The first-order chi connectivity index (χ1) is 8.95. The third-order valence-corrected chi connectivity index (χ3v) is 3.07. The molecule has 1 rings (SSSR count). The topological polar surface area (TPSA) is 75.6 Å². The summed E-state index contributed by atoms with van der Waals surface area (Å²) in [7, 11) is 1.55. The summed E-state index contributed by atoms with van der Waals surface area (Å²) in [4.78, 5) is 22.7. The first-order valence-corrected chi connectivity index (χ1v) is 6.09. The van der Waals surface area contributed by atoms with Crippen LogP contribution in [0.3, 0.4) is 0 Å². The van der Waals surface area contributed by atoms with Gasteiger partial charge in [0.1, 0.15) is 5.75 Å². The molecule has 0 aromatic heterocycles. The monoisotopic (exact) mass is 265 g/mol. The summed E-state index contributed by atoms with van der Waals surface area (Å²) in [6.07, 6.45) is 0.167. The lowest BCUT2D eigenvalue weighted by atomic mass is 10.0. The normalized spacial score (nSPS) is 13.4. The Kier molecular flexibility index (Phi) is 5.36. The molecule has 1 aromatic rings. The average molecular weight is 265 g/mol. The molecule has 0 spiro atoms. The zero-order valence-electron chi connectivity index (χ0n) is 11.3. The molecule has 0 saturated carbocycles. The van der Waals surface area contributed by atoms with Gasteiger partial charge in [-0.2, -0.15) is 0 Å². The van der Waals surface area contributed by atoms with Crippen LogP contribution in [0.25, 0.3) is 0 Å². The molecule has 2 unspecified atom stereocenters. The molecule has 0 aliphatic rings. The van der Waals surface area contributed by atoms with Crippen LogP contribution in [0.4, 0.5) is 0 Å². The molecule has 0 aliphatic carbocycles. The van der Waals surface area contributed by atoms with Crippen molar-refractivity contribution in [2.45, 2.75) is 26.3 Å². The van der Waals surface area contributed by atoms with E-state index in [1.807, 2.05) is 18.2 Å². The number of carbonyl (C=O) groups is 2. The third-order valence-electron chi connectivity index (χ3n) is 3.07. The predicted octanol–water partition coefficient (Wildman–Crippen LogP) is 1.46. The number of aliphatic carboxylic acids is 1. The molecule has 5 nitrogen and oxygen atoms in total. The van der Waals surface area contributed by atoms with E-state index in [1.54, 1.807) is 27.0 Å². The Balaban J connectivity index is 2.63. The van der Waals surface area contributed by atoms with Crippen molar-refractivity contribution in [1.29, 1.82) is 0 Å². The number of amides is 1. The first kappa shape index (κ1) is 15.0. The molecule has 0 fully saturated rings. The molecular weight excluding hydrogens is 246 g/mol. The van der Waals surface area contributed by atoms with Crippen molar-refractivity contribution in [3.63, 3.8) is 0 Å². The molecule has 0 radical (unpaired) electrons. The number of hydrogen-bond donors (Lipinski definition) is 2. The van der Waals surface area contributed by atoms with Crippen LogP contribution in [0.5, 0.6) is 5.75 Å². The number of nitrogens with one attached hydrogen (secondary N) is 1. The molecule has 0 bridgehead atoms. The van der Waals surface area contributed by atoms with Crippen molar-refractivity contribution in [3.8, 4) is 5.75 Å². The number of hydrogen-bond acceptors (Lipinski definition) is 3. The Bertz CT molecular complexity index is 459. The summed E-state index contributed by atoms with van der Waals surface area (Å²) in [5.41, 5.74) is 0.776. The minimum atomic E-state index is -0.926. The van der Waals surface area contributed by atoms with Gasteiger partial charge >= 0.3 is 5.97 Å². The quantitative estimate of drug-likeness (QED) is 0.816. The lowest BCUT2D eigenvalue weighted by Gasteiger charge is -2.18. The maximum Gasteiger partial charge on any atom is 0.308 e. The van der Waals surface area contributed by atoms with E-state index in [1.165, 1.54) is 0 Å². The number of benzene rings is 1. The lowest BCUT2D eigenvalue weighted by molar-refractivity contribution is -0.142. The van der Waals surface area contributed by atoms with Gasteiger partial charge in [-0.3, -0.25) is 9.59 Å². The summed E-state index contributed by atoms with van der Waals surface area (Å²) in [5, 5.41) is 11.6. The summed E-state index contributed by atoms with van der Waals surface area (Å²) < 4.78 is 5.16. The zero-order valence-corrected chi connectivity index (χ0v) is 11.3. The van der Waals surface area contributed by atoms with Crippen LogP contribution in [0.15, 0.2) is 24.3 Å². The molecule has 2 N–H and O–H groups in total. The highest BCUT2D eigenvalue weighted by molar-refractivity contribution is 5.80. The van der Waals surface area contributed by atoms with Crippen molar-refractivity contribution in [3.05, 3.63) is 29.8 Å².